The van der Waals surface area contributed by atoms with Crippen LogP contribution in [0.4, 0.5) is 10.5 Å². The van der Waals surface area contributed by atoms with Crippen molar-refractivity contribution in [2.24, 2.45) is 0 Å². The van der Waals surface area contributed by atoms with Gasteiger partial charge in [0.25, 0.3) is 0 Å². The van der Waals surface area contributed by atoms with Gasteiger partial charge in [0.15, 0.2) is 0 Å². The summed E-state index contributed by atoms with van der Waals surface area (Å²) in [5.74, 6) is 0.600. The van der Waals surface area contributed by atoms with Crippen molar-refractivity contribution >= 4 is 17.6 Å². The first-order chi connectivity index (χ1) is 15.7. The van der Waals surface area contributed by atoms with Gasteiger partial charge in [0.1, 0.15) is 12.4 Å². The number of nitrogens with one attached hydrogen (secondary N) is 2. The minimum Gasteiger partial charge on any atom is -0.490 e. The summed E-state index contributed by atoms with van der Waals surface area (Å²) in [5, 5.41) is 6.21. The zero-order valence-corrected chi connectivity index (χ0v) is 18.3. The van der Waals surface area contributed by atoms with Crippen LogP contribution < -0.4 is 15.4 Å². The van der Waals surface area contributed by atoms with Crippen LogP contribution in [0.5, 0.6) is 5.75 Å². The highest BCUT2D eigenvalue weighted by Crippen LogP contribution is 2.32. The molecule has 32 heavy (non-hydrogen) atoms. The van der Waals surface area contributed by atoms with Gasteiger partial charge in [-0.05, 0) is 36.1 Å². The van der Waals surface area contributed by atoms with Gasteiger partial charge in [0.05, 0.1) is 18.3 Å². The molecule has 1 saturated heterocycles. The van der Waals surface area contributed by atoms with E-state index in [1.54, 1.807) is 0 Å². The van der Waals surface area contributed by atoms with Crippen molar-refractivity contribution in [3.8, 4) is 16.9 Å². The summed E-state index contributed by atoms with van der Waals surface area (Å²) >= 11 is 0. The summed E-state index contributed by atoms with van der Waals surface area (Å²) in [6.45, 7) is 2.56. The molecule has 3 aliphatic rings. The molecule has 2 aromatic carbocycles. The lowest BCUT2D eigenvalue weighted by atomic mass is 10.0. The number of hydrogen-bond donors (Lipinski definition) is 2. The minimum atomic E-state index is -0.0594. The fourth-order valence-electron chi connectivity index (χ4n) is 4.90. The highest BCUT2D eigenvalue weighted by Gasteiger charge is 2.33. The van der Waals surface area contributed by atoms with Crippen molar-refractivity contribution < 1.29 is 14.3 Å². The number of carbonyl (C=O) groups excluding carboxylic acids is 2. The quantitative estimate of drug-likeness (QED) is 0.761. The van der Waals surface area contributed by atoms with Gasteiger partial charge in [-0.2, -0.15) is 0 Å². The minimum absolute atomic E-state index is 0.00813. The maximum Gasteiger partial charge on any atom is 0.317 e. The molecule has 1 saturated carbocycles. The highest BCUT2D eigenvalue weighted by molar-refractivity contribution is 5.94. The van der Waals surface area contributed by atoms with Gasteiger partial charge in [-0.25, -0.2) is 4.79 Å². The molecule has 7 heteroatoms. The van der Waals surface area contributed by atoms with Gasteiger partial charge in [0.2, 0.25) is 5.91 Å². The van der Waals surface area contributed by atoms with Crippen LogP contribution in [0.25, 0.3) is 11.1 Å². The number of ether oxygens (including phenoxy) is 1. The van der Waals surface area contributed by atoms with E-state index >= 15 is 0 Å². The van der Waals surface area contributed by atoms with Crippen molar-refractivity contribution in [2.45, 2.75) is 37.8 Å². The van der Waals surface area contributed by atoms with Crippen molar-refractivity contribution in [3.05, 3.63) is 48.5 Å². The molecule has 2 fully saturated rings. The predicted molar refractivity (Wildman–Crippen MR) is 124 cm³/mol. The summed E-state index contributed by atoms with van der Waals surface area (Å²) in [5.41, 5.74) is 2.80. The molecule has 5 rings (SSSR count). The van der Waals surface area contributed by atoms with E-state index in [2.05, 4.69) is 15.5 Å². The van der Waals surface area contributed by atoms with Gasteiger partial charge in [0, 0.05) is 25.7 Å². The lowest BCUT2D eigenvalue weighted by Crippen LogP contribution is -2.60. The summed E-state index contributed by atoms with van der Waals surface area (Å²) < 4.78 is 6.16. The SMILES string of the molecule is O=C1CN2CCN(C(=O)NC3CCCC3)C[C@H]2COc2ccc(-c3ccccc3)cc2N1. The smallest absolute Gasteiger partial charge is 0.317 e. The molecule has 1 aliphatic carbocycles. The van der Waals surface area contributed by atoms with E-state index < -0.39 is 0 Å². The van der Waals surface area contributed by atoms with Gasteiger partial charge in [-0.3, -0.25) is 9.69 Å². The number of benzene rings is 2. The van der Waals surface area contributed by atoms with Crippen LogP contribution in [0.15, 0.2) is 48.5 Å². The number of fused-ring (bicyclic) bond motifs is 2. The van der Waals surface area contributed by atoms with Gasteiger partial charge in [-0.15, -0.1) is 0 Å². The molecule has 7 nitrogen and oxygen atoms in total. The second-order valence-corrected chi connectivity index (χ2v) is 8.94. The van der Waals surface area contributed by atoms with Crippen LogP contribution in [0.1, 0.15) is 25.7 Å². The van der Waals surface area contributed by atoms with Crippen LogP contribution in [-0.2, 0) is 4.79 Å². The topological polar surface area (TPSA) is 73.9 Å². The molecule has 2 aliphatic heterocycles. The Morgan fingerprint density at radius 2 is 1.84 bits per heavy atom. The van der Waals surface area contributed by atoms with Gasteiger partial charge < -0.3 is 20.3 Å². The van der Waals surface area contributed by atoms with E-state index in [0.717, 1.165) is 24.0 Å². The molecule has 0 spiro atoms. The lowest BCUT2D eigenvalue weighted by Gasteiger charge is -2.40. The molecule has 2 heterocycles. The lowest BCUT2D eigenvalue weighted by molar-refractivity contribution is -0.118. The Labute approximate surface area is 188 Å². The number of rotatable bonds is 2. The van der Waals surface area contributed by atoms with Gasteiger partial charge >= 0.3 is 6.03 Å². The Morgan fingerprint density at radius 3 is 2.66 bits per heavy atom. The standard InChI is InChI=1S/C25H30N4O3/c30-24-16-28-12-13-29(25(31)26-20-8-4-5-9-20)15-21(28)17-32-23-11-10-19(14-22(23)27-24)18-6-2-1-3-7-18/h1-3,6-7,10-11,14,20-21H,4-5,8-9,12-13,15-17H2,(H,26,31)(H,27,30)/t21-/m0/s1. The zero-order chi connectivity index (χ0) is 21.9. The first-order valence-corrected chi connectivity index (χ1v) is 11.6. The molecule has 0 radical (unpaired) electrons. The molecule has 2 aromatic rings. The van der Waals surface area contributed by atoms with Crippen LogP contribution in [0.2, 0.25) is 0 Å². The molecule has 0 aromatic heterocycles. The van der Waals surface area contributed by atoms with E-state index in [4.69, 9.17) is 4.74 Å². The van der Waals surface area contributed by atoms with Crippen LogP contribution >= 0.6 is 0 Å². The fourth-order valence-corrected chi connectivity index (χ4v) is 4.90. The number of urea groups is 1. The second-order valence-electron chi connectivity index (χ2n) is 8.94. The second kappa shape index (κ2) is 9.20. The third-order valence-corrected chi connectivity index (χ3v) is 6.71. The summed E-state index contributed by atoms with van der Waals surface area (Å²) in [7, 11) is 0. The van der Waals surface area contributed by atoms with Crippen molar-refractivity contribution in [1.29, 1.82) is 0 Å². The van der Waals surface area contributed by atoms with Crippen molar-refractivity contribution in [2.75, 3.05) is 38.1 Å². The van der Waals surface area contributed by atoms with Crippen LogP contribution in [0, 0.1) is 0 Å². The van der Waals surface area contributed by atoms with E-state index in [1.165, 1.54) is 12.8 Å². The predicted octanol–water partition coefficient (Wildman–Crippen LogP) is 3.32. The zero-order valence-electron chi connectivity index (χ0n) is 18.3. The summed E-state index contributed by atoms with van der Waals surface area (Å²) in [4.78, 5) is 29.6. The Morgan fingerprint density at radius 1 is 1.03 bits per heavy atom. The average molecular weight is 435 g/mol. The first kappa shape index (κ1) is 20.8. The summed E-state index contributed by atoms with van der Waals surface area (Å²) in [6, 6.07) is 16.3. The number of piperazine rings is 1. The average Bonchev–Trinajstić information content (AvgIpc) is 3.33. The third kappa shape index (κ3) is 4.58. The van der Waals surface area contributed by atoms with Gasteiger partial charge in [-0.1, -0.05) is 49.2 Å². The molecule has 0 unspecified atom stereocenters. The Kier molecular flexibility index (Phi) is 5.99. The Balaban J connectivity index is 1.30. The number of hydrogen-bond acceptors (Lipinski definition) is 4. The number of anilines is 1. The van der Waals surface area contributed by atoms with E-state index in [-0.39, 0.29) is 18.0 Å². The fraction of sp³-hybridized carbons (Fsp3) is 0.440. The van der Waals surface area contributed by atoms with E-state index in [1.807, 2.05) is 53.4 Å². The number of carbonyl (C=O) groups is 2. The monoisotopic (exact) mass is 434 g/mol. The Hall–Kier alpha value is -3.06. The maximum atomic E-state index is 12.8. The first-order valence-electron chi connectivity index (χ1n) is 11.6. The maximum absolute atomic E-state index is 12.8. The highest BCUT2D eigenvalue weighted by atomic mass is 16.5. The van der Waals surface area contributed by atoms with Crippen LogP contribution in [0.3, 0.4) is 0 Å². The molecular formula is C25H30N4O3. The molecule has 0 bridgehead atoms. The third-order valence-electron chi connectivity index (χ3n) is 6.71. The molecule has 1 atom stereocenters. The van der Waals surface area contributed by atoms with E-state index in [9.17, 15) is 9.59 Å². The van der Waals surface area contributed by atoms with Crippen LogP contribution in [-0.4, -0.2) is 66.6 Å². The largest absolute Gasteiger partial charge is 0.490 e. The Bertz CT molecular complexity index is 974. The summed E-state index contributed by atoms with van der Waals surface area (Å²) in [6.07, 6.45) is 4.52. The van der Waals surface area contributed by atoms with Crippen molar-refractivity contribution in [1.82, 2.24) is 15.1 Å². The molecule has 2 N–H and O–H groups in total. The number of amides is 3. The number of nitrogens with zero attached hydrogens (tertiary/aromatic N) is 2. The van der Waals surface area contributed by atoms with E-state index in [0.29, 0.717) is 50.3 Å². The molecular weight excluding hydrogens is 404 g/mol. The molecule has 3 amide bonds. The van der Waals surface area contributed by atoms with Crippen molar-refractivity contribution in [3.63, 3.8) is 0 Å². The normalized spacial score (nSPS) is 21.9. The molecule has 168 valence electrons.